The van der Waals surface area contributed by atoms with Crippen LogP contribution in [0.25, 0.3) is 0 Å². The molecule has 1 aliphatic rings. The molecular formula is C18H17FN2OS. The van der Waals surface area contributed by atoms with Crippen molar-refractivity contribution in [1.82, 2.24) is 0 Å². The molecule has 1 aromatic carbocycles. The second-order valence-corrected chi connectivity index (χ2v) is 6.88. The van der Waals surface area contributed by atoms with Crippen LogP contribution in [-0.2, 0) is 12.8 Å². The third kappa shape index (κ3) is 2.99. The summed E-state index contributed by atoms with van der Waals surface area (Å²) in [5.41, 5.74) is 1.60. The van der Waals surface area contributed by atoms with Crippen LogP contribution in [0.5, 0.6) is 0 Å². The van der Waals surface area contributed by atoms with E-state index in [1.807, 2.05) is 0 Å². The second kappa shape index (κ2) is 6.51. The maximum atomic E-state index is 13.7. The van der Waals surface area contributed by atoms with E-state index in [9.17, 15) is 14.4 Å². The second-order valence-electron chi connectivity index (χ2n) is 5.77. The van der Waals surface area contributed by atoms with Crippen molar-refractivity contribution in [2.24, 2.45) is 5.92 Å². The monoisotopic (exact) mass is 328 g/mol. The Hall–Kier alpha value is -2.19. The van der Waals surface area contributed by atoms with Crippen LogP contribution < -0.4 is 5.32 Å². The molecule has 0 saturated carbocycles. The first-order valence-corrected chi connectivity index (χ1v) is 8.56. The third-order valence-corrected chi connectivity index (χ3v) is 5.57. The fourth-order valence-corrected chi connectivity index (χ4v) is 4.33. The van der Waals surface area contributed by atoms with Crippen molar-refractivity contribution in [2.75, 3.05) is 5.32 Å². The van der Waals surface area contributed by atoms with Gasteiger partial charge in [0, 0.05) is 4.88 Å². The van der Waals surface area contributed by atoms with E-state index in [4.69, 9.17) is 0 Å². The van der Waals surface area contributed by atoms with Crippen molar-refractivity contribution in [3.05, 3.63) is 51.7 Å². The first-order chi connectivity index (χ1) is 11.1. The highest BCUT2D eigenvalue weighted by Crippen LogP contribution is 2.40. The van der Waals surface area contributed by atoms with Gasteiger partial charge in [0.2, 0.25) is 0 Å². The largest absolute Gasteiger partial charge is 0.312 e. The number of halogens is 1. The van der Waals surface area contributed by atoms with Crippen LogP contribution in [0.4, 0.5) is 9.39 Å². The molecule has 1 N–H and O–H groups in total. The lowest BCUT2D eigenvalue weighted by Gasteiger charge is -2.20. The molecule has 1 heterocycles. The van der Waals surface area contributed by atoms with Crippen LogP contribution >= 0.6 is 11.3 Å². The van der Waals surface area contributed by atoms with E-state index in [2.05, 4.69) is 18.3 Å². The normalized spacial score (nSPS) is 16.5. The fraction of sp³-hybridized carbons (Fsp3) is 0.333. The lowest BCUT2D eigenvalue weighted by Crippen LogP contribution is -2.14. The minimum absolute atomic E-state index is 0.00537. The van der Waals surface area contributed by atoms with Crippen molar-refractivity contribution >= 4 is 22.2 Å². The molecule has 3 nitrogen and oxygen atoms in total. The average molecular weight is 328 g/mol. The fourth-order valence-electron chi connectivity index (χ4n) is 3.02. The highest BCUT2D eigenvalue weighted by atomic mass is 32.1. The Bertz CT molecular complexity index is 791. The minimum atomic E-state index is -0.559. The van der Waals surface area contributed by atoms with Gasteiger partial charge in [-0.2, -0.15) is 5.26 Å². The van der Waals surface area contributed by atoms with Crippen molar-refractivity contribution in [1.29, 1.82) is 5.26 Å². The highest BCUT2D eigenvalue weighted by Gasteiger charge is 2.26. The number of fused-ring (bicyclic) bond motifs is 1. The van der Waals surface area contributed by atoms with E-state index >= 15 is 0 Å². The number of carbonyl (C=O) groups is 1. The van der Waals surface area contributed by atoms with E-state index < -0.39 is 11.7 Å². The zero-order chi connectivity index (χ0) is 16.4. The highest BCUT2D eigenvalue weighted by molar-refractivity contribution is 7.16. The molecule has 1 aliphatic carbocycles. The zero-order valence-electron chi connectivity index (χ0n) is 12.9. The van der Waals surface area contributed by atoms with E-state index in [0.717, 1.165) is 31.2 Å². The van der Waals surface area contributed by atoms with E-state index in [-0.39, 0.29) is 5.56 Å². The number of thiophene rings is 1. The molecule has 0 spiro atoms. The quantitative estimate of drug-likeness (QED) is 0.900. The Kier molecular flexibility index (Phi) is 4.44. The molecule has 5 heteroatoms. The molecule has 1 atom stereocenters. The summed E-state index contributed by atoms with van der Waals surface area (Å²) in [6.07, 6.45) is 4.04. The number of amides is 1. The van der Waals surface area contributed by atoms with Crippen molar-refractivity contribution in [3.63, 3.8) is 0 Å². The molecule has 0 saturated heterocycles. The van der Waals surface area contributed by atoms with E-state index in [0.29, 0.717) is 16.5 Å². The first kappa shape index (κ1) is 15.7. The van der Waals surface area contributed by atoms with Gasteiger partial charge in [-0.15, -0.1) is 11.3 Å². The van der Waals surface area contributed by atoms with E-state index in [1.165, 1.54) is 28.3 Å². The lowest BCUT2D eigenvalue weighted by molar-refractivity contribution is 0.102. The first-order valence-electron chi connectivity index (χ1n) is 7.74. The van der Waals surface area contributed by atoms with Crippen LogP contribution in [0.1, 0.15) is 46.1 Å². The van der Waals surface area contributed by atoms with Crippen LogP contribution in [0.2, 0.25) is 0 Å². The van der Waals surface area contributed by atoms with Gasteiger partial charge >= 0.3 is 0 Å². The molecule has 1 aromatic heterocycles. The number of anilines is 1. The van der Waals surface area contributed by atoms with Gasteiger partial charge in [-0.25, -0.2) is 4.39 Å². The summed E-state index contributed by atoms with van der Waals surface area (Å²) >= 11 is 1.46. The predicted octanol–water partition coefficient (Wildman–Crippen LogP) is 4.53. The summed E-state index contributed by atoms with van der Waals surface area (Å²) in [6, 6.07) is 8.07. The molecule has 1 amide bonds. The predicted molar refractivity (Wildman–Crippen MR) is 89.2 cm³/mol. The standard InChI is InChI=1S/C18H17FN2OS/c1-2-11-7-8-12-14(10-20)18(23-16(12)9-11)21-17(22)13-5-3-4-6-15(13)19/h3-6,11H,2,7-9H2,1H3,(H,21,22)/t11-/m1/s1. The van der Waals surface area contributed by atoms with Crippen LogP contribution in [-0.4, -0.2) is 5.91 Å². The minimum Gasteiger partial charge on any atom is -0.312 e. The number of benzene rings is 1. The molecule has 0 bridgehead atoms. The van der Waals surface area contributed by atoms with Gasteiger partial charge in [0.1, 0.15) is 16.9 Å². The van der Waals surface area contributed by atoms with Crippen molar-refractivity contribution < 1.29 is 9.18 Å². The van der Waals surface area contributed by atoms with Gasteiger partial charge in [0.15, 0.2) is 0 Å². The van der Waals surface area contributed by atoms with Gasteiger partial charge in [0.05, 0.1) is 11.1 Å². The van der Waals surface area contributed by atoms with Gasteiger partial charge in [-0.3, -0.25) is 4.79 Å². The van der Waals surface area contributed by atoms with Gasteiger partial charge in [-0.1, -0.05) is 25.5 Å². The molecule has 2 aromatic rings. The number of nitriles is 1. The summed E-state index contributed by atoms with van der Waals surface area (Å²) in [7, 11) is 0. The Morgan fingerprint density at radius 3 is 2.96 bits per heavy atom. The Labute approximate surface area is 138 Å². The molecule has 0 unspecified atom stereocenters. The topological polar surface area (TPSA) is 52.9 Å². The molecule has 3 rings (SSSR count). The zero-order valence-corrected chi connectivity index (χ0v) is 13.7. The average Bonchev–Trinajstić information content (AvgIpc) is 2.90. The number of carbonyl (C=O) groups excluding carboxylic acids is 1. The summed E-state index contributed by atoms with van der Waals surface area (Å²) in [6.45, 7) is 2.18. The van der Waals surface area contributed by atoms with Gasteiger partial charge in [0.25, 0.3) is 5.91 Å². The van der Waals surface area contributed by atoms with Crippen LogP contribution in [0.15, 0.2) is 24.3 Å². The van der Waals surface area contributed by atoms with Gasteiger partial charge < -0.3 is 5.32 Å². The van der Waals surface area contributed by atoms with Crippen LogP contribution in [0, 0.1) is 23.1 Å². The Morgan fingerprint density at radius 2 is 2.26 bits per heavy atom. The maximum Gasteiger partial charge on any atom is 0.259 e. The summed E-state index contributed by atoms with van der Waals surface area (Å²) in [5.74, 6) is -0.427. The van der Waals surface area contributed by atoms with Crippen molar-refractivity contribution in [3.8, 4) is 6.07 Å². The van der Waals surface area contributed by atoms with Crippen LogP contribution in [0.3, 0.4) is 0 Å². The Balaban J connectivity index is 1.90. The van der Waals surface area contributed by atoms with Crippen molar-refractivity contribution in [2.45, 2.75) is 32.6 Å². The number of rotatable bonds is 3. The lowest BCUT2D eigenvalue weighted by atomic mass is 9.86. The molecule has 0 radical (unpaired) electrons. The molecule has 0 fully saturated rings. The summed E-state index contributed by atoms with van der Waals surface area (Å²) < 4.78 is 13.7. The Morgan fingerprint density at radius 1 is 1.48 bits per heavy atom. The number of hydrogen-bond donors (Lipinski definition) is 1. The summed E-state index contributed by atoms with van der Waals surface area (Å²) in [5, 5.41) is 12.7. The van der Waals surface area contributed by atoms with E-state index in [1.54, 1.807) is 12.1 Å². The van der Waals surface area contributed by atoms with Gasteiger partial charge in [-0.05, 0) is 42.9 Å². The third-order valence-electron chi connectivity index (χ3n) is 4.40. The SMILES string of the molecule is CC[C@@H]1CCc2c(sc(NC(=O)c3ccccc3F)c2C#N)C1. The number of nitrogens with one attached hydrogen (secondary N) is 1. The number of nitrogens with zero attached hydrogens (tertiary/aromatic N) is 1. The molecule has 23 heavy (non-hydrogen) atoms. The molecule has 0 aliphatic heterocycles. The summed E-state index contributed by atoms with van der Waals surface area (Å²) in [4.78, 5) is 13.5. The molecule has 118 valence electrons. The number of hydrogen-bond acceptors (Lipinski definition) is 3. The smallest absolute Gasteiger partial charge is 0.259 e. The maximum absolute atomic E-state index is 13.7. The molecular weight excluding hydrogens is 311 g/mol.